The summed E-state index contributed by atoms with van der Waals surface area (Å²) in [6.45, 7) is 7.09. The number of benzene rings is 1. The summed E-state index contributed by atoms with van der Waals surface area (Å²) in [5.41, 5.74) is 1.82. The molecule has 1 heterocycles. The molecule has 1 aromatic rings. The van der Waals surface area contributed by atoms with Crippen LogP contribution in [0, 0.1) is 17.2 Å². The molecule has 3 rings (SSSR count). The van der Waals surface area contributed by atoms with Gasteiger partial charge < -0.3 is 9.84 Å². The van der Waals surface area contributed by atoms with Crippen LogP contribution in [-0.4, -0.2) is 41.9 Å². The molecule has 3 atom stereocenters. The molecule has 4 heteroatoms. The Balaban J connectivity index is 1.83. The second kappa shape index (κ2) is 7.23. The molecule has 1 aliphatic carbocycles. The van der Waals surface area contributed by atoms with E-state index in [4.69, 9.17) is 4.74 Å². The van der Waals surface area contributed by atoms with Gasteiger partial charge in [0.2, 0.25) is 0 Å². The summed E-state index contributed by atoms with van der Waals surface area (Å²) in [5.74, 6) is 0.307. The molecular formula is C20H28N2O2. The fourth-order valence-electron chi connectivity index (χ4n) is 4.21. The SMILES string of the molecule is CC(C)(C#N)c1ccccc1CN1CCOCC1C1CCCC1O. The first kappa shape index (κ1) is 17.4. The third-order valence-electron chi connectivity index (χ3n) is 5.65. The van der Waals surface area contributed by atoms with E-state index in [0.717, 1.165) is 44.5 Å². The van der Waals surface area contributed by atoms with Crippen LogP contribution < -0.4 is 0 Å². The maximum atomic E-state index is 10.3. The van der Waals surface area contributed by atoms with Crippen molar-refractivity contribution in [1.29, 1.82) is 5.26 Å². The van der Waals surface area contributed by atoms with Gasteiger partial charge in [-0.25, -0.2) is 0 Å². The molecule has 0 aromatic heterocycles. The molecule has 0 bridgehead atoms. The third-order valence-corrected chi connectivity index (χ3v) is 5.65. The van der Waals surface area contributed by atoms with Crippen molar-refractivity contribution in [2.75, 3.05) is 19.8 Å². The van der Waals surface area contributed by atoms with Crippen molar-refractivity contribution in [2.45, 2.75) is 57.2 Å². The average Bonchev–Trinajstić information content (AvgIpc) is 3.01. The van der Waals surface area contributed by atoms with Gasteiger partial charge in [0.1, 0.15) is 0 Å². The first-order chi connectivity index (χ1) is 11.5. The normalized spacial score (nSPS) is 28.7. The molecule has 3 unspecified atom stereocenters. The Bertz CT molecular complexity index is 608. The number of morpholine rings is 1. The number of hydrogen-bond acceptors (Lipinski definition) is 4. The Morgan fingerprint density at radius 3 is 2.83 bits per heavy atom. The highest BCUT2D eigenvalue weighted by atomic mass is 16.5. The van der Waals surface area contributed by atoms with E-state index in [9.17, 15) is 10.4 Å². The molecule has 0 amide bonds. The summed E-state index contributed by atoms with van der Waals surface area (Å²) >= 11 is 0. The Hall–Kier alpha value is -1.41. The number of ether oxygens (including phenoxy) is 1. The lowest BCUT2D eigenvalue weighted by Gasteiger charge is -2.40. The molecule has 2 aliphatic rings. The lowest BCUT2D eigenvalue weighted by atomic mass is 9.82. The van der Waals surface area contributed by atoms with E-state index in [0.29, 0.717) is 12.5 Å². The minimum atomic E-state index is -0.495. The predicted molar refractivity (Wildman–Crippen MR) is 93.4 cm³/mol. The van der Waals surface area contributed by atoms with E-state index in [1.54, 1.807) is 0 Å². The topological polar surface area (TPSA) is 56.5 Å². The van der Waals surface area contributed by atoms with Crippen molar-refractivity contribution in [1.82, 2.24) is 4.90 Å². The van der Waals surface area contributed by atoms with Gasteiger partial charge in [-0.15, -0.1) is 0 Å². The molecule has 130 valence electrons. The predicted octanol–water partition coefficient (Wildman–Crippen LogP) is 2.85. The minimum absolute atomic E-state index is 0.204. The van der Waals surface area contributed by atoms with Gasteiger partial charge in [-0.3, -0.25) is 4.90 Å². The van der Waals surface area contributed by atoms with Crippen LogP contribution in [0.15, 0.2) is 24.3 Å². The van der Waals surface area contributed by atoms with E-state index in [2.05, 4.69) is 23.1 Å². The van der Waals surface area contributed by atoms with Crippen LogP contribution in [0.5, 0.6) is 0 Å². The number of nitriles is 1. The molecule has 1 aliphatic heterocycles. The molecule has 1 N–H and O–H groups in total. The number of aliphatic hydroxyl groups excluding tert-OH is 1. The zero-order valence-corrected chi connectivity index (χ0v) is 14.7. The Morgan fingerprint density at radius 2 is 2.12 bits per heavy atom. The van der Waals surface area contributed by atoms with Gasteiger partial charge >= 0.3 is 0 Å². The van der Waals surface area contributed by atoms with Crippen molar-refractivity contribution >= 4 is 0 Å². The molecule has 1 saturated carbocycles. The first-order valence-electron chi connectivity index (χ1n) is 9.02. The first-order valence-corrected chi connectivity index (χ1v) is 9.02. The molecular weight excluding hydrogens is 300 g/mol. The van der Waals surface area contributed by atoms with Gasteiger partial charge in [0, 0.05) is 25.0 Å². The summed E-state index contributed by atoms with van der Waals surface area (Å²) in [6, 6.07) is 11.0. The zero-order valence-electron chi connectivity index (χ0n) is 14.7. The number of hydrogen-bond donors (Lipinski definition) is 1. The summed E-state index contributed by atoms with van der Waals surface area (Å²) < 4.78 is 5.72. The van der Waals surface area contributed by atoms with Crippen molar-refractivity contribution in [3.63, 3.8) is 0 Å². The number of rotatable bonds is 4. The quantitative estimate of drug-likeness (QED) is 0.923. The van der Waals surface area contributed by atoms with Crippen LogP contribution in [0.1, 0.15) is 44.2 Å². The summed E-state index contributed by atoms with van der Waals surface area (Å²) in [6.07, 6.45) is 2.89. The fourth-order valence-corrected chi connectivity index (χ4v) is 4.21. The second-order valence-electron chi connectivity index (χ2n) is 7.67. The zero-order chi connectivity index (χ0) is 17.2. The van der Waals surface area contributed by atoms with Gasteiger partial charge in [0.05, 0.1) is 30.8 Å². The van der Waals surface area contributed by atoms with E-state index in [-0.39, 0.29) is 12.1 Å². The van der Waals surface area contributed by atoms with Gasteiger partial charge in [-0.2, -0.15) is 5.26 Å². The van der Waals surface area contributed by atoms with Crippen LogP contribution >= 0.6 is 0 Å². The molecule has 1 saturated heterocycles. The average molecular weight is 328 g/mol. The fraction of sp³-hybridized carbons (Fsp3) is 0.650. The Labute approximate surface area is 145 Å². The van der Waals surface area contributed by atoms with Crippen LogP contribution in [0.4, 0.5) is 0 Å². The van der Waals surface area contributed by atoms with Crippen molar-refractivity contribution < 1.29 is 9.84 Å². The van der Waals surface area contributed by atoms with Crippen molar-refractivity contribution in [3.8, 4) is 6.07 Å². The summed E-state index contributed by atoms with van der Waals surface area (Å²) in [5, 5.41) is 19.8. The maximum Gasteiger partial charge on any atom is 0.0769 e. The van der Waals surface area contributed by atoms with E-state index in [1.165, 1.54) is 5.56 Å². The van der Waals surface area contributed by atoms with E-state index >= 15 is 0 Å². The van der Waals surface area contributed by atoms with Crippen LogP contribution in [0.2, 0.25) is 0 Å². The minimum Gasteiger partial charge on any atom is -0.393 e. The molecule has 24 heavy (non-hydrogen) atoms. The van der Waals surface area contributed by atoms with Gasteiger partial charge in [0.25, 0.3) is 0 Å². The number of nitrogens with zero attached hydrogens (tertiary/aromatic N) is 2. The van der Waals surface area contributed by atoms with Crippen LogP contribution in [0.3, 0.4) is 0 Å². The summed E-state index contributed by atoms with van der Waals surface area (Å²) in [4.78, 5) is 2.45. The maximum absolute atomic E-state index is 10.3. The molecule has 0 radical (unpaired) electrons. The molecule has 4 nitrogen and oxygen atoms in total. The largest absolute Gasteiger partial charge is 0.393 e. The molecule has 1 aromatic carbocycles. The van der Waals surface area contributed by atoms with E-state index in [1.807, 2.05) is 26.0 Å². The standard InChI is InChI=1S/C20H28N2O2/c1-20(2,14-21)17-8-4-3-6-15(17)12-22-10-11-24-13-18(22)16-7-5-9-19(16)23/h3-4,6,8,16,18-19,23H,5,7,9-13H2,1-2H3. The highest BCUT2D eigenvalue weighted by Gasteiger charge is 2.38. The van der Waals surface area contributed by atoms with Crippen LogP contribution in [-0.2, 0) is 16.7 Å². The Kier molecular flexibility index (Phi) is 5.24. The molecule has 0 spiro atoms. The molecule has 2 fully saturated rings. The van der Waals surface area contributed by atoms with Crippen molar-refractivity contribution in [2.24, 2.45) is 5.92 Å². The lowest BCUT2D eigenvalue weighted by molar-refractivity contribution is -0.0537. The Morgan fingerprint density at radius 1 is 1.33 bits per heavy atom. The lowest BCUT2D eigenvalue weighted by Crippen LogP contribution is -2.50. The smallest absolute Gasteiger partial charge is 0.0769 e. The van der Waals surface area contributed by atoms with Crippen LogP contribution in [0.25, 0.3) is 0 Å². The third kappa shape index (κ3) is 3.49. The second-order valence-corrected chi connectivity index (χ2v) is 7.67. The monoisotopic (exact) mass is 328 g/mol. The van der Waals surface area contributed by atoms with Gasteiger partial charge in [0.15, 0.2) is 0 Å². The summed E-state index contributed by atoms with van der Waals surface area (Å²) in [7, 11) is 0. The van der Waals surface area contributed by atoms with Crippen molar-refractivity contribution in [3.05, 3.63) is 35.4 Å². The highest BCUT2D eigenvalue weighted by molar-refractivity contribution is 5.37. The number of aliphatic hydroxyl groups is 1. The highest BCUT2D eigenvalue weighted by Crippen LogP contribution is 2.34. The van der Waals surface area contributed by atoms with Gasteiger partial charge in [-0.1, -0.05) is 30.7 Å². The van der Waals surface area contributed by atoms with E-state index < -0.39 is 5.41 Å². The van der Waals surface area contributed by atoms with Gasteiger partial charge in [-0.05, 0) is 37.8 Å².